The number of ether oxygens (including phenoxy) is 4. The SMILES string of the molecule is COc1cc(O)cc2c1-c1ccc3c4c1[C@]1(CC[C@H](Cc5ccc(N)nc5C#CCc5cc(O)c6c(c5[C@H](O4)[C@H]3COC(C)=O)C=C[C@H](NCCC(C)C)CO6)C1)C2. The predicted octanol–water partition coefficient (Wildman–Crippen LogP) is 7.69. The third-order valence-corrected chi connectivity index (χ3v) is 12.8. The summed E-state index contributed by atoms with van der Waals surface area (Å²) in [4.78, 5) is 17.2. The van der Waals surface area contributed by atoms with Gasteiger partial charge in [-0.2, -0.15) is 0 Å². The van der Waals surface area contributed by atoms with E-state index >= 15 is 0 Å². The Bertz CT molecular complexity index is 2410. The second-order valence-corrected chi connectivity index (χ2v) is 17.2. The topological polar surface area (TPSA) is 145 Å². The van der Waals surface area contributed by atoms with Crippen molar-refractivity contribution in [1.82, 2.24) is 10.3 Å². The summed E-state index contributed by atoms with van der Waals surface area (Å²) in [6.07, 6.45) is 9.10. The largest absolute Gasteiger partial charge is 0.508 e. The molecule has 0 radical (unpaired) electrons. The van der Waals surface area contributed by atoms with Crippen molar-refractivity contribution in [2.75, 3.05) is 32.6 Å². The first-order valence-electron chi connectivity index (χ1n) is 20.6. The molecule has 4 heterocycles. The molecule has 300 valence electrons. The molecule has 4 bridgehead atoms. The second kappa shape index (κ2) is 14.9. The van der Waals surface area contributed by atoms with Crippen LogP contribution in [-0.2, 0) is 34.2 Å². The molecule has 1 aromatic heterocycles. The third-order valence-electron chi connectivity index (χ3n) is 12.8. The van der Waals surface area contributed by atoms with Gasteiger partial charge in [0.2, 0.25) is 0 Å². The van der Waals surface area contributed by atoms with Crippen LogP contribution in [0.25, 0.3) is 17.2 Å². The van der Waals surface area contributed by atoms with E-state index in [2.05, 4.69) is 55.3 Å². The van der Waals surface area contributed by atoms with Crippen LogP contribution in [0, 0.1) is 23.7 Å². The Balaban J connectivity index is 1.28. The Morgan fingerprint density at radius 3 is 2.79 bits per heavy atom. The van der Waals surface area contributed by atoms with E-state index in [9.17, 15) is 15.0 Å². The fourth-order valence-corrected chi connectivity index (χ4v) is 10.3. The standard InChI is InChI=1S/C48H51N3O7/c1-26(2)15-17-50-32-9-10-36-43-30(20-39(54)45(36)57-24-32)6-5-7-38-29(8-13-41(49)51-38)18-28-14-16-48(22-28)23-31-19-33(53)21-40(55-4)42(31)35-12-11-34-37(25-56-27(3)52)46(43)58-47(34)44(35)48/h8-13,19-21,26,28,32,37,46,50,53-54H,6,14-18,22-25H2,1-4H3,(H2,49,51)/t28-,32+,37+,46-,48+/m1/s1. The van der Waals surface area contributed by atoms with Crippen molar-refractivity contribution >= 4 is 17.9 Å². The first-order chi connectivity index (χ1) is 28.0. The van der Waals surface area contributed by atoms with Crippen LogP contribution in [0.2, 0.25) is 0 Å². The first-order valence-corrected chi connectivity index (χ1v) is 20.6. The number of nitrogens with one attached hydrogen (secondary N) is 1. The van der Waals surface area contributed by atoms with Crippen LogP contribution in [0.1, 0.15) is 103 Å². The molecule has 1 fully saturated rings. The number of nitrogen functional groups attached to an aromatic ring is 1. The summed E-state index contributed by atoms with van der Waals surface area (Å²) in [6, 6.07) is 13.4. The molecule has 5 atom stereocenters. The lowest BCUT2D eigenvalue weighted by atomic mass is 9.65. The minimum Gasteiger partial charge on any atom is -0.508 e. The molecular weight excluding hydrogens is 731 g/mol. The number of pyridine rings is 1. The number of phenolic OH excluding ortho intramolecular Hbond substituents is 2. The molecule has 5 aliphatic rings. The number of phenols is 2. The fourth-order valence-electron chi connectivity index (χ4n) is 10.3. The summed E-state index contributed by atoms with van der Waals surface area (Å²) in [5, 5.41) is 26.2. The van der Waals surface area contributed by atoms with E-state index in [4.69, 9.17) is 29.7 Å². The summed E-state index contributed by atoms with van der Waals surface area (Å²) in [6.45, 7) is 7.10. The summed E-state index contributed by atoms with van der Waals surface area (Å²) >= 11 is 0. The number of nitrogens with zero attached hydrogens (tertiary/aromatic N) is 1. The van der Waals surface area contributed by atoms with E-state index in [-0.39, 0.29) is 47.9 Å². The number of carbonyl (C=O) groups is 1. The molecule has 1 spiro atoms. The van der Waals surface area contributed by atoms with Gasteiger partial charge in [0.25, 0.3) is 0 Å². The normalized spacial score (nSPS) is 23.3. The molecule has 5 N–H and O–H groups in total. The number of hydrogen-bond acceptors (Lipinski definition) is 10. The zero-order chi connectivity index (χ0) is 40.3. The monoisotopic (exact) mass is 781 g/mol. The van der Waals surface area contributed by atoms with Gasteiger partial charge in [-0.05, 0) is 103 Å². The lowest BCUT2D eigenvalue weighted by molar-refractivity contribution is -0.141. The summed E-state index contributed by atoms with van der Waals surface area (Å²) in [7, 11) is 1.64. The van der Waals surface area contributed by atoms with Gasteiger partial charge < -0.3 is 40.2 Å². The molecular formula is C48H51N3O7. The average molecular weight is 782 g/mol. The smallest absolute Gasteiger partial charge is 0.302 e. The maximum atomic E-state index is 12.5. The number of esters is 1. The molecule has 0 saturated heterocycles. The predicted molar refractivity (Wildman–Crippen MR) is 222 cm³/mol. The maximum Gasteiger partial charge on any atom is 0.302 e. The van der Waals surface area contributed by atoms with Gasteiger partial charge in [-0.3, -0.25) is 4.79 Å². The Morgan fingerprint density at radius 2 is 1.98 bits per heavy atom. The summed E-state index contributed by atoms with van der Waals surface area (Å²) in [5.41, 5.74) is 15.1. The van der Waals surface area contributed by atoms with Gasteiger partial charge in [-0.1, -0.05) is 50.1 Å². The molecule has 3 aliphatic heterocycles. The average Bonchev–Trinajstić information content (AvgIpc) is 3.67. The Kier molecular flexibility index (Phi) is 9.76. The highest BCUT2D eigenvalue weighted by atomic mass is 16.5. The van der Waals surface area contributed by atoms with Crippen molar-refractivity contribution in [3.05, 3.63) is 93.2 Å². The number of benzene rings is 3. The Hall–Kier alpha value is -5.66. The number of aromatic hydroxyl groups is 2. The number of anilines is 1. The molecule has 9 rings (SSSR count). The number of rotatable bonds is 7. The molecule has 4 aromatic rings. The maximum absolute atomic E-state index is 12.5. The van der Waals surface area contributed by atoms with Crippen LogP contribution in [0.3, 0.4) is 0 Å². The fraction of sp³-hybridized carbons (Fsp3) is 0.417. The minimum absolute atomic E-state index is 0.0244. The van der Waals surface area contributed by atoms with E-state index < -0.39 is 6.10 Å². The van der Waals surface area contributed by atoms with Gasteiger partial charge in [0.15, 0.2) is 11.5 Å². The Labute approximate surface area is 339 Å². The number of methoxy groups -OCH3 is 1. The third kappa shape index (κ3) is 6.69. The van der Waals surface area contributed by atoms with Gasteiger partial charge >= 0.3 is 5.97 Å². The molecule has 2 aliphatic carbocycles. The first kappa shape index (κ1) is 37.9. The van der Waals surface area contributed by atoms with Crippen molar-refractivity contribution in [1.29, 1.82) is 0 Å². The minimum atomic E-state index is -0.616. The lowest BCUT2D eigenvalue weighted by Gasteiger charge is -2.39. The molecule has 0 unspecified atom stereocenters. The molecule has 3 aromatic carbocycles. The molecule has 58 heavy (non-hydrogen) atoms. The van der Waals surface area contributed by atoms with Crippen LogP contribution < -0.4 is 25.3 Å². The van der Waals surface area contributed by atoms with Crippen LogP contribution in [0.5, 0.6) is 28.7 Å². The van der Waals surface area contributed by atoms with Crippen molar-refractivity contribution in [3.63, 3.8) is 0 Å². The van der Waals surface area contributed by atoms with Gasteiger partial charge in [0, 0.05) is 52.6 Å². The molecule has 10 heteroatoms. The van der Waals surface area contributed by atoms with Crippen molar-refractivity contribution in [2.45, 2.75) is 89.2 Å². The van der Waals surface area contributed by atoms with Crippen LogP contribution in [0.4, 0.5) is 5.82 Å². The highest BCUT2D eigenvalue weighted by molar-refractivity contribution is 5.84. The van der Waals surface area contributed by atoms with Crippen molar-refractivity contribution < 1.29 is 34.0 Å². The molecule has 10 nitrogen and oxygen atoms in total. The van der Waals surface area contributed by atoms with Crippen LogP contribution >= 0.6 is 0 Å². The summed E-state index contributed by atoms with van der Waals surface area (Å²) < 4.78 is 25.7. The van der Waals surface area contributed by atoms with E-state index in [1.807, 2.05) is 18.2 Å². The van der Waals surface area contributed by atoms with Crippen molar-refractivity contribution in [2.24, 2.45) is 11.8 Å². The molecule has 0 amide bonds. The van der Waals surface area contributed by atoms with Gasteiger partial charge in [-0.25, -0.2) is 4.98 Å². The van der Waals surface area contributed by atoms with Crippen LogP contribution in [0.15, 0.2) is 48.5 Å². The van der Waals surface area contributed by atoms with E-state index in [1.165, 1.54) is 6.92 Å². The van der Waals surface area contributed by atoms with Crippen LogP contribution in [-0.4, -0.2) is 54.1 Å². The number of carbonyl (C=O) groups excluding carboxylic acids is 1. The number of aromatic nitrogens is 1. The molecule has 1 saturated carbocycles. The second-order valence-electron chi connectivity index (χ2n) is 17.2. The van der Waals surface area contributed by atoms with Gasteiger partial charge in [0.05, 0.1) is 19.1 Å². The number of fused-ring (bicyclic) bond motifs is 9. The highest BCUT2D eigenvalue weighted by Crippen LogP contribution is 2.63. The Morgan fingerprint density at radius 1 is 1.12 bits per heavy atom. The lowest BCUT2D eigenvalue weighted by Crippen LogP contribution is -2.33. The summed E-state index contributed by atoms with van der Waals surface area (Å²) in [5.74, 6) is 9.29. The van der Waals surface area contributed by atoms with E-state index in [1.54, 1.807) is 19.2 Å². The zero-order valence-electron chi connectivity index (χ0n) is 33.6. The van der Waals surface area contributed by atoms with E-state index in [0.717, 1.165) is 94.5 Å². The van der Waals surface area contributed by atoms with Gasteiger partial charge in [0.1, 0.15) is 48.1 Å². The quantitative estimate of drug-likeness (QED) is 0.109. The zero-order valence-corrected chi connectivity index (χ0v) is 33.6. The highest BCUT2D eigenvalue weighted by Gasteiger charge is 2.51. The number of nitrogens with two attached hydrogens (primary N) is 1. The number of hydrogen-bond donors (Lipinski definition) is 4. The van der Waals surface area contributed by atoms with Gasteiger partial charge in [-0.15, -0.1) is 0 Å². The van der Waals surface area contributed by atoms with Crippen molar-refractivity contribution in [3.8, 4) is 51.7 Å². The van der Waals surface area contributed by atoms with E-state index in [0.29, 0.717) is 47.9 Å².